The van der Waals surface area contributed by atoms with Crippen molar-refractivity contribution in [1.29, 1.82) is 0 Å². The van der Waals surface area contributed by atoms with E-state index in [0.29, 0.717) is 11.5 Å². The highest BCUT2D eigenvalue weighted by atomic mass is 19.1. The van der Waals surface area contributed by atoms with Crippen LogP contribution in [-0.4, -0.2) is 14.9 Å². The minimum Gasteiger partial charge on any atom is -0.508 e. The van der Waals surface area contributed by atoms with E-state index in [4.69, 9.17) is 5.73 Å². The van der Waals surface area contributed by atoms with Gasteiger partial charge in [-0.05, 0) is 18.2 Å². The Morgan fingerprint density at radius 2 is 2.13 bits per heavy atom. The van der Waals surface area contributed by atoms with Crippen molar-refractivity contribution in [1.82, 2.24) is 9.78 Å². The molecule has 0 fully saturated rings. The van der Waals surface area contributed by atoms with Gasteiger partial charge >= 0.3 is 0 Å². The number of anilines is 1. The highest BCUT2D eigenvalue weighted by Crippen LogP contribution is 2.26. The predicted octanol–water partition coefficient (Wildman–Crippen LogP) is 1.51. The topological polar surface area (TPSA) is 64.1 Å². The summed E-state index contributed by atoms with van der Waals surface area (Å²) in [5.41, 5.74) is 6.23. The van der Waals surface area contributed by atoms with Crippen LogP contribution >= 0.6 is 0 Å². The third-order valence-corrected chi connectivity index (χ3v) is 2.14. The third kappa shape index (κ3) is 1.63. The molecule has 3 N–H and O–H groups in total. The van der Waals surface area contributed by atoms with Crippen LogP contribution < -0.4 is 5.73 Å². The van der Waals surface area contributed by atoms with Crippen LogP contribution in [0, 0.1) is 5.82 Å². The molecule has 15 heavy (non-hydrogen) atoms. The Kier molecular flexibility index (Phi) is 2.07. The fourth-order valence-corrected chi connectivity index (χ4v) is 1.32. The molecular weight excluding hydrogens is 197 g/mol. The first-order valence-electron chi connectivity index (χ1n) is 4.36. The summed E-state index contributed by atoms with van der Waals surface area (Å²) in [5.74, 6) is -0.00531. The standard InChI is InChI=1S/C10H10FN3O/c1-14-10(12)5-9(13-14)7-4-6(15)2-3-8(7)11/h2-5,15H,12H2,1H3. The van der Waals surface area contributed by atoms with E-state index in [-0.39, 0.29) is 11.3 Å². The summed E-state index contributed by atoms with van der Waals surface area (Å²) in [5, 5.41) is 13.3. The van der Waals surface area contributed by atoms with Crippen LogP contribution in [0.15, 0.2) is 24.3 Å². The van der Waals surface area contributed by atoms with E-state index in [2.05, 4.69) is 5.10 Å². The monoisotopic (exact) mass is 207 g/mol. The maximum absolute atomic E-state index is 13.4. The Labute approximate surface area is 85.8 Å². The number of halogens is 1. The predicted molar refractivity (Wildman–Crippen MR) is 54.7 cm³/mol. The molecule has 0 atom stereocenters. The lowest BCUT2D eigenvalue weighted by Gasteiger charge is -1.99. The van der Waals surface area contributed by atoms with Gasteiger partial charge in [-0.15, -0.1) is 0 Å². The maximum Gasteiger partial charge on any atom is 0.132 e. The number of phenolic OH excluding ortho intramolecular Hbond substituents is 1. The fourth-order valence-electron chi connectivity index (χ4n) is 1.32. The van der Waals surface area contributed by atoms with Crippen LogP contribution in [0.5, 0.6) is 5.75 Å². The van der Waals surface area contributed by atoms with Crippen LogP contribution in [-0.2, 0) is 7.05 Å². The number of phenols is 1. The van der Waals surface area contributed by atoms with E-state index in [0.717, 1.165) is 0 Å². The Balaban J connectivity index is 2.58. The van der Waals surface area contributed by atoms with Crippen molar-refractivity contribution in [2.75, 3.05) is 5.73 Å². The molecule has 0 amide bonds. The molecule has 5 heteroatoms. The lowest BCUT2D eigenvalue weighted by molar-refractivity contribution is 0.473. The molecule has 0 radical (unpaired) electrons. The Morgan fingerprint density at radius 1 is 1.40 bits per heavy atom. The van der Waals surface area contributed by atoms with Crippen LogP contribution in [0.4, 0.5) is 10.2 Å². The molecule has 0 aliphatic rings. The second-order valence-electron chi connectivity index (χ2n) is 3.24. The molecule has 4 nitrogen and oxygen atoms in total. The zero-order valence-corrected chi connectivity index (χ0v) is 8.11. The van der Waals surface area contributed by atoms with Gasteiger partial charge in [-0.25, -0.2) is 4.39 Å². The zero-order chi connectivity index (χ0) is 11.0. The van der Waals surface area contributed by atoms with E-state index >= 15 is 0 Å². The molecule has 1 aromatic heterocycles. The summed E-state index contributed by atoms with van der Waals surface area (Å²) in [6, 6.07) is 5.34. The lowest BCUT2D eigenvalue weighted by Crippen LogP contribution is -1.96. The molecule has 0 spiro atoms. The molecular formula is C10H10FN3O. The first-order chi connectivity index (χ1) is 7.08. The van der Waals surface area contributed by atoms with Gasteiger partial charge in [0, 0.05) is 18.7 Å². The quantitative estimate of drug-likeness (QED) is 0.745. The van der Waals surface area contributed by atoms with E-state index in [1.54, 1.807) is 13.1 Å². The van der Waals surface area contributed by atoms with Gasteiger partial charge < -0.3 is 10.8 Å². The number of hydrogen-bond donors (Lipinski definition) is 2. The van der Waals surface area contributed by atoms with Crippen LogP contribution in [0.1, 0.15) is 0 Å². The Hall–Kier alpha value is -2.04. The van der Waals surface area contributed by atoms with Crippen molar-refractivity contribution in [2.45, 2.75) is 0 Å². The van der Waals surface area contributed by atoms with Crippen molar-refractivity contribution in [3.8, 4) is 17.0 Å². The lowest BCUT2D eigenvalue weighted by atomic mass is 10.1. The summed E-state index contributed by atoms with van der Waals surface area (Å²) >= 11 is 0. The van der Waals surface area contributed by atoms with E-state index in [9.17, 15) is 9.50 Å². The number of nitrogens with zero attached hydrogens (tertiary/aromatic N) is 2. The van der Waals surface area contributed by atoms with Gasteiger partial charge in [0.1, 0.15) is 17.4 Å². The van der Waals surface area contributed by atoms with Crippen molar-refractivity contribution in [3.05, 3.63) is 30.1 Å². The van der Waals surface area contributed by atoms with Crippen molar-refractivity contribution in [2.24, 2.45) is 7.05 Å². The smallest absolute Gasteiger partial charge is 0.132 e. The van der Waals surface area contributed by atoms with Gasteiger partial charge in [0.25, 0.3) is 0 Å². The maximum atomic E-state index is 13.4. The van der Waals surface area contributed by atoms with Gasteiger partial charge in [-0.3, -0.25) is 4.68 Å². The van der Waals surface area contributed by atoms with Crippen molar-refractivity contribution < 1.29 is 9.50 Å². The second-order valence-corrected chi connectivity index (χ2v) is 3.24. The van der Waals surface area contributed by atoms with Gasteiger partial charge in [0.05, 0.1) is 5.69 Å². The minimum atomic E-state index is -0.439. The Morgan fingerprint density at radius 3 is 2.73 bits per heavy atom. The molecule has 0 aliphatic carbocycles. The van der Waals surface area contributed by atoms with E-state index < -0.39 is 5.82 Å². The van der Waals surface area contributed by atoms with Crippen molar-refractivity contribution in [3.63, 3.8) is 0 Å². The average molecular weight is 207 g/mol. The molecule has 78 valence electrons. The first kappa shape index (κ1) is 9.51. The van der Waals surface area contributed by atoms with Crippen LogP contribution in [0.3, 0.4) is 0 Å². The molecule has 2 aromatic rings. The van der Waals surface area contributed by atoms with E-state index in [1.165, 1.54) is 22.9 Å². The highest BCUT2D eigenvalue weighted by molar-refractivity contribution is 5.64. The zero-order valence-electron chi connectivity index (χ0n) is 8.11. The number of nitrogen functional groups attached to an aromatic ring is 1. The minimum absolute atomic E-state index is 0.00405. The molecule has 1 heterocycles. The number of hydrogen-bond acceptors (Lipinski definition) is 3. The molecule has 0 unspecified atom stereocenters. The number of aromatic nitrogens is 2. The number of aryl methyl sites for hydroxylation is 1. The summed E-state index contributed by atoms with van der Waals surface area (Å²) in [6.45, 7) is 0. The normalized spacial score (nSPS) is 10.5. The average Bonchev–Trinajstić information content (AvgIpc) is 2.51. The van der Waals surface area contributed by atoms with Gasteiger partial charge in [0.2, 0.25) is 0 Å². The Bertz CT molecular complexity index is 488. The number of benzene rings is 1. The van der Waals surface area contributed by atoms with E-state index in [1.807, 2.05) is 0 Å². The van der Waals surface area contributed by atoms with Crippen LogP contribution in [0.25, 0.3) is 11.3 Å². The molecule has 0 saturated carbocycles. The number of nitrogens with two attached hydrogens (primary N) is 1. The molecule has 0 bridgehead atoms. The SMILES string of the molecule is Cn1nc(-c2cc(O)ccc2F)cc1N. The molecule has 0 aliphatic heterocycles. The summed E-state index contributed by atoms with van der Waals surface area (Å²) < 4.78 is 14.8. The first-order valence-corrected chi connectivity index (χ1v) is 4.36. The van der Waals surface area contributed by atoms with Crippen LogP contribution in [0.2, 0.25) is 0 Å². The van der Waals surface area contributed by atoms with Gasteiger partial charge in [-0.1, -0.05) is 0 Å². The summed E-state index contributed by atoms with van der Waals surface area (Å²) in [6.07, 6.45) is 0. The fraction of sp³-hybridized carbons (Fsp3) is 0.100. The number of aromatic hydroxyl groups is 1. The summed E-state index contributed by atoms with van der Waals surface area (Å²) in [4.78, 5) is 0. The highest BCUT2D eigenvalue weighted by Gasteiger charge is 2.10. The molecule has 2 rings (SSSR count). The largest absolute Gasteiger partial charge is 0.508 e. The van der Waals surface area contributed by atoms with Crippen molar-refractivity contribution >= 4 is 5.82 Å². The summed E-state index contributed by atoms with van der Waals surface area (Å²) in [7, 11) is 1.67. The molecule has 1 aromatic carbocycles. The molecule has 0 saturated heterocycles. The second kappa shape index (κ2) is 3.27. The third-order valence-electron chi connectivity index (χ3n) is 2.14. The van der Waals surface area contributed by atoms with Gasteiger partial charge in [0.15, 0.2) is 0 Å². The number of rotatable bonds is 1. The van der Waals surface area contributed by atoms with Gasteiger partial charge in [-0.2, -0.15) is 5.10 Å².